The van der Waals surface area contributed by atoms with Crippen molar-refractivity contribution < 1.29 is 0 Å². The highest BCUT2D eigenvalue weighted by Crippen LogP contribution is 2.16. The van der Waals surface area contributed by atoms with Crippen molar-refractivity contribution in [2.75, 3.05) is 20.1 Å². The van der Waals surface area contributed by atoms with Crippen LogP contribution in [0.2, 0.25) is 0 Å². The van der Waals surface area contributed by atoms with E-state index in [9.17, 15) is 0 Å². The molecule has 0 saturated heterocycles. The van der Waals surface area contributed by atoms with Gasteiger partial charge >= 0.3 is 0 Å². The summed E-state index contributed by atoms with van der Waals surface area (Å²) in [5.41, 5.74) is 1.39. The average Bonchev–Trinajstić information content (AvgIpc) is 2.77. The van der Waals surface area contributed by atoms with Crippen LogP contribution in [-0.4, -0.2) is 26.1 Å². The number of thiophene rings is 1. The summed E-state index contributed by atoms with van der Waals surface area (Å²) < 4.78 is 0. The van der Waals surface area contributed by atoms with Crippen molar-refractivity contribution >= 4 is 17.3 Å². The van der Waals surface area contributed by atoms with Crippen LogP contribution in [-0.2, 0) is 0 Å². The fourth-order valence-electron chi connectivity index (χ4n) is 1.31. The van der Waals surface area contributed by atoms with E-state index in [-0.39, 0.29) is 0 Å². The van der Waals surface area contributed by atoms with Gasteiger partial charge in [-0.15, -0.1) is 0 Å². The molecule has 1 heterocycles. The SMILES string of the molecule is CCNC(=NC)NCC(C)c1ccsc1. The molecule has 1 unspecified atom stereocenters. The Morgan fingerprint density at radius 2 is 2.33 bits per heavy atom. The van der Waals surface area contributed by atoms with Gasteiger partial charge in [0.15, 0.2) is 5.96 Å². The van der Waals surface area contributed by atoms with Crippen LogP contribution in [0.3, 0.4) is 0 Å². The zero-order valence-electron chi connectivity index (χ0n) is 9.58. The molecule has 15 heavy (non-hydrogen) atoms. The van der Waals surface area contributed by atoms with Gasteiger partial charge in [0.2, 0.25) is 0 Å². The Hall–Kier alpha value is -1.03. The van der Waals surface area contributed by atoms with Crippen molar-refractivity contribution in [3.05, 3.63) is 22.4 Å². The molecule has 4 heteroatoms. The maximum atomic E-state index is 4.13. The average molecular weight is 225 g/mol. The van der Waals surface area contributed by atoms with E-state index in [4.69, 9.17) is 0 Å². The molecule has 0 aliphatic rings. The zero-order chi connectivity index (χ0) is 11.1. The van der Waals surface area contributed by atoms with Crippen molar-refractivity contribution in [2.45, 2.75) is 19.8 Å². The first-order valence-corrected chi connectivity index (χ1v) is 6.18. The molecule has 0 aromatic carbocycles. The second-order valence-electron chi connectivity index (χ2n) is 3.44. The molecular weight excluding hydrogens is 206 g/mol. The quantitative estimate of drug-likeness (QED) is 0.607. The Balaban J connectivity index is 2.36. The standard InChI is InChI=1S/C11H19N3S/c1-4-13-11(12-3)14-7-9(2)10-5-6-15-8-10/h5-6,8-9H,4,7H2,1-3H3,(H2,12,13,14). The smallest absolute Gasteiger partial charge is 0.190 e. The molecular formula is C11H19N3S. The number of guanidine groups is 1. The Bertz CT molecular complexity index is 293. The molecule has 0 fully saturated rings. The highest BCUT2D eigenvalue weighted by molar-refractivity contribution is 7.07. The van der Waals surface area contributed by atoms with E-state index in [2.05, 4.69) is 46.3 Å². The van der Waals surface area contributed by atoms with Gasteiger partial charge < -0.3 is 10.6 Å². The van der Waals surface area contributed by atoms with Crippen LogP contribution in [0.15, 0.2) is 21.8 Å². The lowest BCUT2D eigenvalue weighted by molar-refractivity contribution is 0.705. The van der Waals surface area contributed by atoms with Crippen LogP contribution in [0.5, 0.6) is 0 Å². The van der Waals surface area contributed by atoms with Gasteiger partial charge in [-0.05, 0) is 35.2 Å². The predicted molar refractivity (Wildman–Crippen MR) is 67.8 cm³/mol. The molecule has 0 aliphatic carbocycles. The first-order valence-electron chi connectivity index (χ1n) is 5.24. The lowest BCUT2D eigenvalue weighted by atomic mass is 10.1. The summed E-state index contributed by atoms with van der Waals surface area (Å²) in [6, 6.07) is 2.17. The van der Waals surface area contributed by atoms with Gasteiger partial charge in [-0.2, -0.15) is 11.3 Å². The van der Waals surface area contributed by atoms with Crippen molar-refractivity contribution in [1.82, 2.24) is 10.6 Å². The highest BCUT2D eigenvalue weighted by Gasteiger charge is 2.06. The van der Waals surface area contributed by atoms with Crippen LogP contribution in [0.4, 0.5) is 0 Å². The van der Waals surface area contributed by atoms with Gasteiger partial charge in [0, 0.05) is 20.1 Å². The summed E-state index contributed by atoms with van der Waals surface area (Å²) >= 11 is 1.74. The molecule has 1 aromatic heterocycles. The molecule has 0 amide bonds. The third-order valence-electron chi connectivity index (χ3n) is 2.26. The summed E-state index contributed by atoms with van der Waals surface area (Å²) in [6.07, 6.45) is 0. The van der Waals surface area contributed by atoms with Gasteiger partial charge in [0.1, 0.15) is 0 Å². The summed E-state index contributed by atoms with van der Waals surface area (Å²) in [4.78, 5) is 4.13. The number of hydrogen-bond donors (Lipinski definition) is 2. The maximum Gasteiger partial charge on any atom is 0.190 e. The minimum absolute atomic E-state index is 0.520. The van der Waals surface area contributed by atoms with E-state index in [1.807, 2.05) is 0 Å². The van der Waals surface area contributed by atoms with Crippen LogP contribution in [0, 0.1) is 0 Å². The fourth-order valence-corrected chi connectivity index (χ4v) is 2.09. The number of aliphatic imine (C=N–C) groups is 1. The highest BCUT2D eigenvalue weighted by atomic mass is 32.1. The van der Waals surface area contributed by atoms with Gasteiger partial charge in [-0.25, -0.2) is 0 Å². The number of hydrogen-bond acceptors (Lipinski definition) is 2. The van der Waals surface area contributed by atoms with Crippen molar-refractivity contribution in [3.63, 3.8) is 0 Å². The molecule has 0 spiro atoms. The second kappa shape index (κ2) is 6.45. The van der Waals surface area contributed by atoms with Crippen LogP contribution < -0.4 is 10.6 Å². The van der Waals surface area contributed by atoms with Crippen LogP contribution >= 0.6 is 11.3 Å². The van der Waals surface area contributed by atoms with Gasteiger partial charge in [-0.1, -0.05) is 6.92 Å². The Morgan fingerprint density at radius 3 is 2.87 bits per heavy atom. The molecule has 1 atom stereocenters. The van der Waals surface area contributed by atoms with Crippen molar-refractivity contribution in [1.29, 1.82) is 0 Å². The Labute approximate surface area is 95.6 Å². The number of rotatable bonds is 4. The monoisotopic (exact) mass is 225 g/mol. The first-order chi connectivity index (χ1) is 7.27. The molecule has 0 radical (unpaired) electrons. The van der Waals surface area contributed by atoms with E-state index in [1.54, 1.807) is 18.4 Å². The summed E-state index contributed by atoms with van der Waals surface area (Å²) in [5, 5.41) is 10.8. The maximum absolute atomic E-state index is 4.13. The third kappa shape index (κ3) is 3.91. The second-order valence-corrected chi connectivity index (χ2v) is 4.22. The van der Waals surface area contributed by atoms with E-state index in [1.165, 1.54) is 5.56 Å². The molecule has 0 saturated carbocycles. The molecule has 0 bridgehead atoms. The lowest BCUT2D eigenvalue weighted by Crippen LogP contribution is -2.38. The largest absolute Gasteiger partial charge is 0.357 e. The predicted octanol–water partition coefficient (Wildman–Crippen LogP) is 2.04. The topological polar surface area (TPSA) is 36.4 Å². The van der Waals surface area contributed by atoms with E-state index in [0.29, 0.717) is 5.92 Å². The molecule has 1 aromatic rings. The van der Waals surface area contributed by atoms with Crippen molar-refractivity contribution in [2.24, 2.45) is 4.99 Å². The van der Waals surface area contributed by atoms with E-state index in [0.717, 1.165) is 19.0 Å². The summed E-state index contributed by atoms with van der Waals surface area (Å²) in [5.74, 6) is 1.39. The Morgan fingerprint density at radius 1 is 1.53 bits per heavy atom. The van der Waals surface area contributed by atoms with Crippen molar-refractivity contribution in [3.8, 4) is 0 Å². The minimum Gasteiger partial charge on any atom is -0.357 e. The minimum atomic E-state index is 0.520. The summed E-state index contributed by atoms with van der Waals surface area (Å²) in [6.45, 7) is 6.09. The third-order valence-corrected chi connectivity index (χ3v) is 2.96. The van der Waals surface area contributed by atoms with E-state index < -0.39 is 0 Å². The number of nitrogens with one attached hydrogen (secondary N) is 2. The molecule has 84 valence electrons. The first kappa shape index (κ1) is 12.0. The lowest BCUT2D eigenvalue weighted by Gasteiger charge is -2.14. The zero-order valence-corrected chi connectivity index (χ0v) is 10.4. The Kier molecular flexibility index (Phi) is 5.18. The van der Waals surface area contributed by atoms with Gasteiger partial charge in [0.25, 0.3) is 0 Å². The molecule has 2 N–H and O–H groups in total. The molecule has 1 rings (SSSR count). The summed E-state index contributed by atoms with van der Waals surface area (Å²) in [7, 11) is 1.79. The van der Waals surface area contributed by atoms with Crippen LogP contribution in [0.1, 0.15) is 25.3 Å². The molecule has 0 aliphatic heterocycles. The number of nitrogens with zero attached hydrogens (tertiary/aromatic N) is 1. The van der Waals surface area contributed by atoms with E-state index >= 15 is 0 Å². The fraction of sp³-hybridized carbons (Fsp3) is 0.545. The molecule has 3 nitrogen and oxygen atoms in total. The van der Waals surface area contributed by atoms with Crippen LogP contribution in [0.25, 0.3) is 0 Å². The van der Waals surface area contributed by atoms with Gasteiger partial charge in [-0.3, -0.25) is 4.99 Å². The van der Waals surface area contributed by atoms with Gasteiger partial charge in [0.05, 0.1) is 0 Å². The normalized spacial score (nSPS) is 13.7.